The van der Waals surface area contributed by atoms with Gasteiger partial charge in [0.25, 0.3) is 5.91 Å². The van der Waals surface area contributed by atoms with Gasteiger partial charge >= 0.3 is 5.97 Å². The zero-order valence-corrected chi connectivity index (χ0v) is 17.6. The van der Waals surface area contributed by atoms with Gasteiger partial charge in [-0.05, 0) is 93.4 Å². The zero-order chi connectivity index (χ0) is 20.8. The second kappa shape index (κ2) is 7.35. The number of carbonyl (C=O) groups is 2. The van der Waals surface area contributed by atoms with Gasteiger partial charge in [-0.1, -0.05) is 17.7 Å². The summed E-state index contributed by atoms with van der Waals surface area (Å²) in [6.45, 7) is 3.56. The van der Waals surface area contributed by atoms with Crippen molar-refractivity contribution in [3.8, 4) is 5.75 Å². The van der Waals surface area contributed by atoms with Crippen molar-refractivity contribution in [2.45, 2.75) is 57.6 Å². The molecule has 4 aliphatic carbocycles. The topological polar surface area (TPSA) is 75.6 Å². The van der Waals surface area contributed by atoms with Gasteiger partial charge in [-0.25, -0.2) is 4.79 Å². The number of ether oxygens (including phenoxy) is 1. The lowest BCUT2D eigenvalue weighted by molar-refractivity contribution is -0.139. The van der Waals surface area contributed by atoms with E-state index in [9.17, 15) is 9.59 Å². The van der Waals surface area contributed by atoms with Crippen molar-refractivity contribution in [1.29, 1.82) is 0 Å². The van der Waals surface area contributed by atoms with Crippen LogP contribution in [0.1, 0.15) is 46.0 Å². The molecule has 5 nitrogen and oxygen atoms in total. The standard InChI is InChI=1S/C23H28ClNO4/c1-22(2,29-18-5-3-17(24)4-6-18)21(28)25-20-15-9-14-10-16(20)13-23(11-14,12-15)8-7-19(26)27/h3-8,14-16,20H,9-13H2,1-2H3,(H,25,28)(H,26,27)/b8-7+. The first-order chi connectivity index (χ1) is 13.7. The van der Waals surface area contributed by atoms with Crippen LogP contribution in [0.2, 0.25) is 5.02 Å². The van der Waals surface area contributed by atoms with E-state index in [1.807, 2.05) is 6.08 Å². The molecule has 2 atom stereocenters. The highest BCUT2D eigenvalue weighted by Gasteiger charge is 2.55. The van der Waals surface area contributed by atoms with Crippen LogP contribution in [0.25, 0.3) is 0 Å². The SMILES string of the molecule is CC(C)(Oc1ccc(Cl)cc1)C(=O)NC1C2CC3CC1CC(/C=C/C(=O)O)(C3)C2. The second-order valence-corrected chi connectivity index (χ2v) is 10.0. The molecule has 4 fully saturated rings. The molecule has 0 radical (unpaired) electrons. The Morgan fingerprint density at radius 2 is 1.79 bits per heavy atom. The molecule has 4 saturated carbocycles. The number of benzene rings is 1. The smallest absolute Gasteiger partial charge is 0.327 e. The summed E-state index contributed by atoms with van der Waals surface area (Å²) in [4.78, 5) is 24.1. The number of nitrogens with one attached hydrogen (secondary N) is 1. The molecule has 0 spiro atoms. The molecule has 6 heteroatoms. The molecule has 5 rings (SSSR count). The average Bonchev–Trinajstić information content (AvgIpc) is 2.64. The van der Waals surface area contributed by atoms with Gasteiger partial charge in [0.2, 0.25) is 0 Å². The molecule has 4 bridgehead atoms. The van der Waals surface area contributed by atoms with Crippen LogP contribution in [-0.2, 0) is 9.59 Å². The summed E-state index contributed by atoms with van der Waals surface area (Å²) in [5.74, 6) is 1.05. The molecule has 2 unspecified atom stereocenters. The Bertz CT molecular complexity index is 816. The number of halogens is 1. The number of aliphatic carboxylic acids is 1. The Morgan fingerprint density at radius 3 is 2.38 bits per heavy atom. The van der Waals surface area contributed by atoms with Crippen LogP contribution in [0.4, 0.5) is 0 Å². The normalized spacial score (nSPS) is 33.1. The summed E-state index contributed by atoms with van der Waals surface area (Å²) in [6, 6.07) is 7.15. The molecule has 2 N–H and O–H groups in total. The third kappa shape index (κ3) is 4.16. The summed E-state index contributed by atoms with van der Waals surface area (Å²) in [6.07, 6.45) is 8.44. The fourth-order valence-electron chi connectivity index (χ4n) is 5.94. The Morgan fingerprint density at radius 1 is 1.17 bits per heavy atom. The molecule has 4 aliphatic rings. The second-order valence-electron chi connectivity index (χ2n) is 9.57. The van der Waals surface area contributed by atoms with Gasteiger partial charge in [0.05, 0.1) is 0 Å². The molecule has 156 valence electrons. The first-order valence-corrected chi connectivity index (χ1v) is 10.7. The van der Waals surface area contributed by atoms with Gasteiger partial charge in [0.1, 0.15) is 5.75 Å². The Balaban J connectivity index is 1.44. The summed E-state index contributed by atoms with van der Waals surface area (Å²) in [5, 5.41) is 13.0. The van der Waals surface area contributed by atoms with Crippen molar-refractivity contribution in [3.63, 3.8) is 0 Å². The van der Waals surface area contributed by atoms with E-state index >= 15 is 0 Å². The van der Waals surface area contributed by atoms with Crippen LogP contribution in [0.3, 0.4) is 0 Å². The molecule has 0 heterocycles. The molecule has 1 amide bonds. The quantitative estimate of drug-likeness (QED) is 0.670. The van der Waals surface area contributed by atoms with Gasteiger partial charge in [-0.15, -0.1) is 0 Å². The van der Waals surface area contributed by atoms with Gasteiger partial charge in [-0.2, -0.15) is 0 Å². The third-order valence-electron chi connectivity index (χ3n) is 6.93. The van der Waals surface area contributed by atoms with Crippen LogP contribution < -0.4 is 10.1 Å². The van der Waals surface area contributed by atoms with E-state index in [0.717, 1.165) is 32.1 Å². The largest absolute Gasteiger partial charge is 0.478 e. The van der Waals surface area contributed by atoms with Crippen molar-refractivity contribution in [1.82, 2.24) is 5.32 Å². The number of hydrogen-bond acceptors (Lipinski definition) is 3. The minimum atomic E-state index is -0.997. The number of carbonyl (C=O) groups excluding carboxylic acids is 1. The van der Waals surface area contributed by atoms with Crippen LogP contribution >= 0.6 is 11.6 Å². The maximum Gasteiger partial charge on any atom is 0.327 e. The minimum absolute atomic E-state index is 0.00849. The van der Waals surface area contributed by atoms with Gasteiger partial charge in [-0.3, -0.25) is 4.79 Å². The molecule has 1 aromatic rings. The van der Waals surface area contributed by atoms with Crippen LogP contribution in [-0.4, -0.2) is 28.6 Å². The number of amides is 1. The highest BCUT2D eigenvalue weighted by molar-refractivity contribution is 6.30. The predicted molar refractivity (Wildman–Crippen MR) is 111 cm³/mol. The van der Waals surface area contributed by atoms with Gasteiger partial charge in [0, 0.05) is 17.1 Å². The Hall–Kier alpha value is -2.01. The van der Waals surface area contributed by atoms with Gasteiger partial charge in [0.15, 0.2) is 5.60 Å². The third-order valence-corrected chi connectivity index (χ3v) is 7.18. The highest BCUT2D eigenvalue weighted by Crippen LogP contribution is 2.60. The summed E-state index contributed by atoms with van der Waals surface area (Å²) < 4.78 is 5.95. The summed E-state index contributed by atoms with van der Waals surface area (Å²) in [7, 11) is 0. The number of rotatable bonds is 6. The van der Waals surface area contributed by atoms with Crippen molar-refractivity contribution in [2.24, 2.45) is 23.2 Å². The van der Waals surface area contributed by atoms with E-state index in [4.69, 9.17) is 21.4 Å². The molecule has 0 saturated heterocycles. The summed E-state index contributed by atoms with van der Waals surface area (Å²) >= 11 is 5.92. The monoisotopic (exact) mass is 417 g/mol. The lowest BCUT2D eigenvalue weighted by Crippen LogP contribution is -2.61. The molecule has 0 aliphatic heterocycles. The van der Waals surface area contributed by atoms with Crippen molar-refractivity contribution in [3.05, 3.63) is 41.4 Å². The zero-order valence-electron chi connectivity index (χ0n) is 16.9. The maximum absolute atomic E-state index is 13.1. The molecular formula is C23H28ClNO4. The van der Waals surface area contributed by atoms with Crippen LogP contribution in [0, 0.1) is 23.2 Å². The Kier molecular flexibility index (Phi) is 5.14. The number of carboxylic acid groups (broad SMARTS) is 1. The van der Waals surface area contributed by atoms with E-state index in [0.29, 0.717) is 28.5 Å². The van der Waals surface area contributed by atoms with E-state index < -0.39 is 11.6 Å². The van der Waals surface area contributed by atoms with E-state index in [-0.39, 0.29) is 17.4 Å². The number of hydrogen-bond donors (Lipinski definition) is 2. The summed E-state index contributed by atoms with van der Waals surface area (Å²) in [5.41, 5.74) is -1.01. The van der Waals surface area contributed by atoms with Crippen molar-refractivity contribution >= 4 is 23.5 Å². The van der Waals surface area contributed by atoms with E-state index in [2.05, 4.69) is 5.32 Å². The lowest BCUT2D eigenvalue weighted by Gasteiger charge is -2.59. The van der Waals surface area contributed by atoms with Crippen LogP contribution in [0.15, 0.2) is 36.4 Å². The molecule has 29 heavy (non-hydrogen) atoms. The first-order valence-electron chi connectivity index (χ1n) is 10.3. The number of carboxylic acids is 1. The predicted octanol–water partition coefficient (Wildman–Crippen LogP) is 4.45. The van der Waals surface area contributed by atoms with E-state index in [1.54, 1.807) is 38.1 Å². The molecule has 0 aromatic heterocycles. The van der Waals surface area contributed by atoms with Crippen LogP contribution in [0.5, 0.6) is 5.75 Å². The van der Waals surface area contributed by atoms with Crippen molar-refractivity contribution in [2.75, 3.05) is 0 Å². The minimum Gasteiger partial charge on any atom is -0.478 e. The van der Waals surface area contributed by atoms with E-state index in [1.165, 1.54) is 6.08 Å². The fourth-order valence-corrected chi connectivity index (χ4v) is 6.07. The highest BCUT2D eigenvalue weighted by atomic mass is 35.5. The number of allylic oxidation sites excluding steroid dienone is 1. The molecule has 1 aromatic carbocycles. The first kappa shape index (κ1) is 20.3. The molecular weight excluding hydrogens is 390 g/mol. The lowest BCUT2D eigenvalue weighted by atomic mass is 9.48. The van der Waals surface area contributed by atoms with Crippen molar-refractivity contribution < 1.29 is 19.4 Å². The Labute approximate surface area is 176 Å². The average molecular weight is 418 g/mol. The fraction of sp³-hybridized carbons (Fsp3) is 0.565. The van der Waals surface area contributed by atoms with Gasteiger partial charge < -0.3 is 15.2 Å². The maximum atomic E-state index is 13.1.